The molecule has 118 valence electrons. The van der Waals surface area contributed by atoms with Gasteiger partial charge in [0.15, 0.2) is 5.76 Å². The molecular formula is C14H15FN2O4S. The maximum atomic E-state index is 12.7. The number of halogens is 1. The van der Waals surface area contributed by atoms with E-state index in [-0.39, 0.29) is 24.6 Å². The van der Waals surface area contributed by atoms with Crippen LogP contribution in [-0.2, 0) is 15.8 Å². The van der Waals surface area contributed by atoms with Crippen LogP contribution in [0.3, 0.4) is 0 Å². The standard InChI is InChI=1S/C14H15FN2O4S/c15-12-5-3-11(4-6-12)10-22(19,20)17-8-7-16-14(18)13-2-1-9-21-13/h1-6,9,17H,7-8,10H2,(H,16,18). The Bertz CT molecular complexity index is 712. The van der Waals surface area contributed by atoms with Crippen LogP contribution in [0.5, 0.6) is 0 Å². The number of rotatable bonds is 7. The van der Waals surface area contributed by atoms with E-state index in [0.29, 0.717) is 5.56 Å². The van der Waals surface area contributed by atoms with Crippen LogP contribution in [-0.4, -0.2) is 27.4 Å². The molecular weight excluding hydrogens is 311 g/mol. The van der Waals surface area contributed by atoms with Crippen molar-refractivity contribution < 1.29 is 22.0 Å². The number of nitrogens with one attached hydrogen (secondary N) is 2. The zero-order valence-electron chi connectivity index (χ0n) is 11.6. The molecule has 0 unspecified atom stereocenters. The first kappa shape index (κ1) is 16.2. The summed E-state index contributed by atoms with van der Waals surface area (Å²) in [7, 11) is -3.55. The summed E-state index contributed by atoms with van der Waals surface area (Å²) < 4.78 is 43.6. The van der Waals surface area contributed by atoms with E-state index < -0.39 is 21.7 Å². The van der Waals surface area contributed by atoms with Gasteiger partial charge in [0.25, 0.3) is 5.91 Å². The Morgan fingerprint density at radius 1 is 1.14 bits per heavy atom. The van der Waals surface area contributed by atoms with E-state index in [0.717, 1.165) is 0 Å². The Morgan fingerprint density at radius 2 is 1.86 bits per heavy atom. The Kier molecular flexibility index (Phi) is 5.29. The van der Waals surface area contributed by atoms with Crippen LogP contribution in [0, 0.1) is 5.82 Å². The number of hydrogen-bond acceptors (Lipinski definition) is 4. The van der Waals surface area contributed by atoms with Crippen molar-refractivity contribution in [2.24, 2.45) is 0 Å². The summed E-state index contributed by atoms with van der Waals surface area (Å²) in [4.78, 5) is 11.5. The predicted octanol–water partition coefficient (Wildman–Crippen LogP) is 1.27. The van der Waals surface area contributed by atoms with Crippen molar-refractivity contribution in [3.8, 4) is 0 Å². The Morgan fingerprint density at radius 3 is 2.50 bits per heavy atom. The molecule has 1 heterocycles. The fourth-order valence-corrected chi connectivity index (χ4v) is 2.87. The highest BCUT2D eigenvalue weighted by Gasteiger charge is 2.12. The first-order valence-corrected chi connectivity index (χ1v) is 8.15. The van der Waals surface area contributed by atoms with Gasteiger partial charge >= 0.3 is 0 Å². The average molecular weight is 326 g/mol. The van der Waals surface area contributed by atoms with E-state index in [1.54, 1.807) is 6.07 Å². The van der Waals surface area contributed by atoms with Gasteiger partial charge in [0.2, 0.25) is 10.0 Å². The molecule has 2 aromatic rings. The third kappa shape index (κ3) is 4.97. The maximum Gasteiger partial charge on any atom is 0.287 e. The van der Waals surface area contributed by atoms with Crippen molar-refractivity contribution in [3.63, 3.8) is 0 Å². The SMILES string of the molecule is O=C(NCCNS(=O)(=O)Cc1ccc(F)cc1)c1ccco1. The third-order valence-corrected chi connectivity index (χ3v) is 4.10. The lowest BCUT2D eigenvalue weighted by molar-refractivity contribution is 0.0926. The van der Waals surface area contributed by atoms with Crippen molar-refractivity contribution in [1.82, 2.24) is 10.0 Å². The maximum absolute atomic E-state index is 12.7. The molecule has 0 aliphatic carbocycles. The smallest absolute Gasteiger partial charge is 0.287 e. The minimum Gasteiger partial charge on any atom is -0.459 e. The van der Waals surface area contributed by atoms with E-state index in [9.17, 15) is 17.6 Å². The van der Waals surface area contributed by atoms with E-state index in [2.05, 4.69) is 10.0 Å². The molecule has 0 radical (unpaired) electrons. The number of carbonyl (C=O) groups is 1. The minimum absolute atomic E-state index is 0.0516. The monoisotopic (exact) mass is 326 g/mol. The minimum atomic E-state index is -3.55. The van der Waals surface area contributed by atoms with Gasteiger partial charge in [-0.1, -0.05) is 12.1 Å². The van der Waals surface area contributed by atoms with Crippen molar-refractivity contribution in [2.75, 3.05) is 13.1 Å². The zero-order valence-corrected chi connectivity index (χ0v) is 12.4. The summed E-state index contributed by atoms with van der Waals surface area (Å²) in [5.41, 5.74) is 0.480. The molecule has 6 nitrogen and oxygen atoms in total. The van der Waals surface area contributed by atoms with Crippen LogP contribution in [0.15, 0.2) is 47.1 Å². The van der Waals surface area contributed by atoms with E-state index in [1.807, 2.05) is 0 Å². The molecule has 0 saturated heterocycles. The summed E-state index contributed by atoms with van der Waals surface area (Å²) in [6.45, 7) is 0.179. The van der Waals surface area contributed by atoms with Crippen LogP contribution in [0.4, 0.5) is 4.39 Å². The number of carbonyl (C=O) groups excluding carboxylic acids is 1. The third-order valence-electron chi connectivity index (χ3n) is 2.75. The highest BCUT2D eigenvalue weighted by atomic mass is 32.2. The summed E-state index contributed by atoms with van der Waals surface area (Å²) >= 11 is 0. The highest BCUT2D eigenvalue weighted by molar-refractivity contribution is 7.88. The van der Waals surface area contributed by atoms with E-state index in [4.69, 9.17) is 4.42 Å². The molecule has 1 amide bonds. The summed E-state index contributed by atoms with van der Waals surface area (Å²) in [6.07, 6.45) is 1.38. The van der Waals surface area contributed by atoms with Crippen LogP contribution >= 0.6 is 0 Å². The second-order valence-electron chi connectivity index (χ2n) is 4.51. The number of hydrogen-bond donors (Lipinski definition) is 2. The fraction of sp³-hybridized carbons (Fsp3) is 0.214. The lowest BCUT2D eigenvalue weighted by atomic mass is 10.2. The number of sulfonamides is 1. The molecule has 0 bridgehead atoms. The Labute approximate surface area is 127 Å². The fourth-order valence-electron chi connectivity index (χ4n) is 1.73. The molecule has 0 saturated carbocycles. The molecule has 22 heavy (non-hydrogen) atoms. The van der Waals surface area contributed by atoms with Crippen molar-refractivity contribution >= 4 is 15.9 Å². The predicted molar refractivity (Wildman–Crippen MR) is 78.1 cm³/mol. The largest absolute Gasteiger partial charge is 0.459 e. The van der Waals surface area contributed by atoms with Gasteiger partial charge < -0.3 is 9.73 Å². The van der Waals surface area contributed by atoms with Gasteiger partial charge in [-0.3, -0.25) is 4.79 Å². The number of benzene rings is 1. The van der Waals surface area contributed by atoms with Crippen LogP contribution in [0.1, 0.15) is 16.1 Å². The molecule has 2 N–H and O–H groups in total. The second-order valence-corrected chi connectivity index (χ2v) is 6.32. The zero-order chi connectivity index (χ0) is 16.0. The van der Waals surface area contributed by atoms with Crippen molar-refractivity contribution in [3.05, 3.63) is 59.8 Å². The van der Waals surface area contributed by atoms with Gasteiger partial charge in [-0.2, -0.15) is 0 Å². The summed E-state index contributed by atoms with van der Waals surface area (Å²) in [5, 5.41) is 2.52. The van der Waals surface area contributed by atoms with Crippen molar-refractivity contribution in [1.29, 1.82) is 0 Å². The van der Waals surface area contributed by atoms with Crippen LogP contribution < -0.4 is 10.0 Å². The molecule has 0 spiro atoms. The summed E-state index contributed by atoms with van der Waals surface area (Å²) in [6, 6.07) is 8.32. The van der Waals surface area contributed by atoms with Gasteiger partial charge in [-0.05, 0) is 29.8 Å². The van der Waals surface area contributed by atoms with E-state index in [1.165, 1.54) is 36.6 Å². The number of amides is 1. The molecule has 0 aliphatic rings. The molecule has 8 heteroatoms. The lowest BCUT2D eigenvalue weighted by Gasteiger charge is -2.07. The average Bonchev–Trinajstić information content (AvgIpc) is 3.00. The first-order valence-electron chi connectivity index (χ1n) is 6.50. The van der Waals surface area contributed by atoms with Gasteiger partial charge in [-0.25, -0.2) is 17.5 Å². The van der Waals surface area contributed by atoms with Gasteiger partial charge in [0, 0.05) is 13.1 Å². The Hall–Kier alpha value is -2.19. The molecule has 0 fully saturated rings. The van der Waals surface area contributed by atoms with Crippen LogP contribution in [0.2, 0.25) is 0 Å². The van der Waals surface area contributed by atoms with E-state index >= 15 is 0 Å². The summed E-state index contributed by atoms with van der Waals surface area (Å²) in [5.74, 6) is -0.925. The van der Waals surface area contributed by atoms with Crippen LogP contribution in [0.25, 0.3) is 0 Å². The van der Waals surface area contributed by atoms with Gasteiger partial charge in [0.1, 0.15) is 5.82 Å². The lowest BCUT2D eigenvalue weighted by Crippen LogP contribution is -2.35. The molecule has 0 atom stereocenters. The quantitative estimate of drug-likeness (QED) is 0.750. The second kappa shape index (κ2) is 7.19. The highest BCUT2D eigenvalue weighted by Crippen LogP contribution is 2.06. The topological polar surface area (TPSA) is 88.4 Å². The Balaban J connectivity index is 1.75. The van der Waals surface area contributed by atoms with Crippen molar-refractivity contribution in [2.45, 2.75) is 5.75 Å². The molecule has 1 aromatic heterocycles. The molecule has 1 aromatic carbocycles. The van der Waals surface area contributed by atoms with Gasteiger partial charge in [0.05, 0.1) is 12.0 Å². The molecule has 0 aliphatic heterocycles. The number of furan rings is 1. The first-order chi connectivity index (χ1) is 10.5. The normalized spacial score (nSPS) is 11.3. The van der Waals surface area contributed by atoms with Gasteiger partial charge in [-0.15, -0.1) is 0 Å². The molecule has 2 rings (SSSR count).